The van der Waals surface area contributed by atoms with E-state index in [1.54, 1.807) is 23.1 Å². The number of hydrogen-bond donors (Lipinski definition) is 1. The molecule has 0 bridgehead atoms. The second-order valence-electron chi connectivity index (χ2n) is 7.79. The Bertz CT molecular complexity index is 1310. The van der Waals surface area contributed by atoms with Gasteiger partial charge in [0, 0.05) is 0 Å². The van der Waals surface area contributed by atoms with E-state index in [0.29, 0.717) is 38.9 Å². The Labute approximate surface area is 221 Å². The van der Waals surface area contributed by atoms with Crippen molar-refractivity contribution in [1.29, 1.82) is 0 Å². The number of aliphatic carboxylic acids is 1. The highest BCUT2D eigenvalue weighted by molar-refractivity contribution is 9.10. The topological polar surface area (TPSA) is 88.4 Å². The highest BCUT2D eigenvalue weighted by atomic mass is 79.9. The molecule has 36 heavy (non-hydrogen) atoms. The molecule has 0 aliphatic carbocycles. The van der Waals surface area contributed by atoms with Crippen LogP contribution >= 0.6 is 27.7 Å². The molecular formula is C27H23BrN2O5S. The van der Waals surface area contributed by atoms with Gasteiger partial charge in [-0.3, -0.25) is 14.7 Å². The number of benzene rings is 3. The van der Waals surface area contributed by atoms with Gasteiger partial charge in [-0.1, -0.05) is 60.7 Å². The van der Waals surface area contributed by atoms with E-state index in [0.717, 1.165) is 11.1 Å². The summed E-state index contributed by atoms with van der Waals surface area (Å²) in [6.07, 6.45) is 1.77. The number of nitrogens with zero attached hydrogens (tertiary/aromatic N) is 2. The van der Waals surface area contributed by atoms with Crippen LogP contribution in [0.1, 0.15) is 16.7 Å². The molecule has 7 nitrogen and oxygen atoms in total. The first kappa shape index (κ1) is 25.5. The number of carboxylic acids is 1. The number of carbonyl (C=O) groups excluding carboxylic acids is 1. The van der Waals surface area contributed by atoms with Gasteiger partial charge in [0.05, 0.1) is 29.6 Å². The largest absolute Gasteiger partial charge is 0.493 e. The van der Waals surface area contributed by atoms with Crippen molar-refractivity contribution in [3.63, 3.8) is 0 Å². The van der Waals surface area contributed by atoms with Crippen molar-refractivity contribution in [2.75, 3.05) is 13.7 Å². The van der Waals surface area contributed by atoms with Crippen LogP contribution in [0, 0.1) is 0 Å². The van der Waals surface area contributed by atoms with Crippen molar-refractivity contribution in [3.05, 3.63) is 98.9 Å². The van der Waals surface area contributed by atoms with Crippen molar-refractivity contribution < 1.29 is 24.2 Å². The summed E-state index contributed by atoms with van der Waals surface area (Å²) in [6, 6.07) is 23.1. The molecule has 3 aromatic carbocycles. The molecule has 1 fully saturated rings. The fraction of sp³-hybridized carbons (Fsp3) is 0.148. The lowest BCUT2D eigenvalue weighted by atomic mass is 10.1. The summed E-state index contributed by atoms with van der Waals surface area (Å²) < 4.78 is 11.3. The van der Waals surface area contributed by atoms with Crippen molar-refractivity contribution in [2.45, 2.75) is 13.1 Å². The number of rotatable bonds is 9. The summed E-state index contributed by atoms with van der Waals surface area (Å²) >= 11 is 4.74. The van der Waals surface area contributed by atoms with Gasteiger partial charge in [-0.15, -0.1) is 0 Å². The zero-order valence-electron chi connectivity index (χ0n) is 19.4. The molecule has 0 radical (unpaired) electrons. The molecule has 184 valence electrons. The van der Waals surface area contributed by atoms with Gasteiger partial charge in [0.1, 0.15) is 0 Å². The lowest BCUT2D eigenvalue weighted by Crippen LogP contribution is -2.28. The number of thioether (sulfide) groups is 1. The summed E-state index contributed by atoms with van der Waals surface area (Å²) in [4.78, 5) is 31.3. The summed E-state index contributed by atoms with van der Waals surface area (Å²) in [5.74, 6) is -0.601. The number of hydrogen-bond acceptors (Lipinski definition) is 6. The van der Waals surface area contributed by atoms with Crippen molar-refractivity contribution in [3.8, 4) is 11.5 Å². The monoisotopic (exact) mass is 566 g/mol. The molecule has 4 rings (SSSR count). The Balaban J connectivity index is 1.64. The first-order valence-electron chi connectivity index (χ1n) is 11.0. The number of amides is 1. The highest BCUT2D eigenvalue weighted by Crippen LogP contribution is 2.39. The SMILES string of the molecule is COc1cc(/C=C2/SC(=NCc3ccccc3)N(Cc3ccccc3)C2=O)cc(Br)c1OCC(=O)O. The van der Waals surface area contributed by atoms with Crippen LogP contribution in [-0.2, 0) is 22.7 Å². The molecule has 0 unspecified atom stereocenters. The van der Waals surface area contributed by atoms with Gasteiger partial charge < -0.3 is 14.6 Å². The number of aliphatic imine (C=N–C) groups is 1. The molecule has 1 heterocycles. The zero-order chi connectivity index (χ0) is 25.5. The van der Waals surface area contributed by atoms with Gasteiger partial charge in [0.15, 0.2) is 23.3 Å². The maximum atomic E-state index is 13.4. The van der Waals surface area contributed by atoms with Crippen LogP contribution in [0.2, 0.25) is 0 Å². The summed E-state index contributed by atoms with van der Waals surface area (Å²) in [7, 11) is 1.47. The summed E-state index contributed by atoms with van der Waals surface area (Å²) in [5, 5.41) is 9.56. The number of ether oxygens (including phenoxy) is 2. The molecular weight excluding hydrogens is 544 g/mol. The van der Waals surface area contributed by atoms with Crippen LogP contribution in [0.4, 0.5) is 0 Å². The Morgan fingerprint density at radius 3 is 2.39 bits per heavy atom. The van der Waals surface area contributed by atoms with Gasteiger partial charge in [-0.2, -0.15) is 0 Å². The van der Waals surface area contributed by atoms with Crippen LogP contribution in [-0.4, -0.2) is 40.8 Å². The number of amidine groups is 1. The molecule has 1 saturated heterocycles. The predicted octanol–water partition coefficient (Wildman–Crippen LogP) is 5.59. The molecule has 1 amide bonds. The Morgan fingerprint density at radius 2 is 1.75 bits per heavy atom. The lowest BCUT2D eigenvalue weighted by Gasteiger charge is -2.15. The van der Waals surface area contributed by atoms with Crippen molar-refractivity contribution in [2.24, 2.45) is 4.99 Å². The Morgan fingerprint density at radius 1 is 1.08 bits per heavy atom. The summed E-state index contributed by atoms with van der Waals surface area (Å²) in [6.45, 7) is 0.371. The molecule has 0 saturated carbocycles. The van der Waals surface area contributed by atoms with Crippen LogP contribution in [0.25, 0.3) is 6.08 Å². The maximum absolute atomic E-state index is 13.4. The number of methoxy groups -OCH3 is 1. The van der Waals surface area contributed by atoms with E-state index in [1.807, 2.05) is 60.7 Å². The van der Waals surface area contributed by atoms with Gasteiger partial charge in [0.25, 0.3) is 5.91 Å². The molecule has 1 N–H and O–H groups in total. The van der Waals surface area contributed by atoms with Crippen LogP contribution in [0.3, 0.4) is 0 Å². The quantitative estimate of drug-likeness (QED) is 0.339. The maximum Gasteiger partial charge on any atom is 0.341 e. The molecule has 0 spiro atoms. The number of halogens is 1. The molecule has 3 aromatic rings. The average Bonchev–Trinajstić information content (AvgIpc) is 3.16. The van der Waals surface area contributed by atoms with E-state index >= 15 is 0 Å². The third-order valence-corrected chi connectivity index (χ3v) is 6.83. The van der Waals surface area contributed by atoms with Crippen molar-refractivity contribution >= 4 is 50.8 Å². The number of carbonyl (C=O) groups is 2. The minimum Gasteiger partial charge on any atom is -0.493 e. The van der Waals surface area contributed by atoms with Gasteiger partial charge in [-0.05, 0) is 62.6 Å². The Kier molecular flexibility index (Phi) is 8.45. The first-order chi connectivity index (χ1) is 17.4. The third kappa shape index (κ3) is 6.35. The van der Waals surface area contributed by atoms with E-state index in [1.165, 1.54) is 18.9 Å². The Hall–Kier alpha value is -3.56. The molecule has 1 aliphatic heterocycles. The summed E-state index contributed by atoms with van der Waals surface area (Å²) in [5.41, 5.74) is 2.76. The lowest BCUT2D eigenvalue weighted by molar-refractivity contribution is -0.139. The standard InChI is InChI=1S/C27H23BrN2O5S/c1-34-22-13-20(12-21(28)25(22)35-17-24(31)32)14-23-26(33)30(16-19-10-6-3-7-11-19)27(36-23)29-15-18-8-4-2-5-9-18/h2-14H,15-17H2,1H3,(H,31,32)/b23-14+,29-27?. The minimum absolute atomic E-state index is 0.142. The smallest absolute Gasteiger partial charge is 0.341 e. The zero-order valence-corrected chi connectivity index (χ0v) is 21.8. The first-order valence-corrected chi connectivity index (χ1v) is 12.6. The van der Waals surface area contributed by atoms with Crippen molar-refractivity contribution in [1.82, 2.24) is 4.90 Å². The minimum atomic E-state index is -1.09. The second-order valence-corrected chi connectivity index (χ2v) is 9.65. The van der Waals surface area contributed by atoms with E-state index < -0.39 is 12.6 Å². The van der Waals surface area contributed by atoms with Crippen LogP contribution in [0.15, 0.2) is 87.2 Å². The number of carboxylic acid groups (broad SMARTS) is 1. The van der Waals surface area contributed by atoms with E-state index in [2.05, 4.69) is 15.9 Å². The van der Waals surface area contributed by atoms with E-state index in [-0.39, 0.29) is 11.7 Å². The average molecular weight is 567 g/mol. The molecule has 9 heteroatoms. The normalized spacial score (nSPS) is 15.5. The van der Waals surface area contributed by atoms with Crippen LogP contribution < -0.4 is 9.47 Å². The highest BCUT2D eigenvalue weighted by Gasteiger charge is 2.33. The third-order valence-electron chi connectivity index (χ3n) is 5.20. The van der Waals surface area contributed by atoms with Gasteiger partial charge in [0.2, 0.25) is 0 Å². The van der Waals surface area contributed by atoms with Crippen LogP contribution in [0.5, 0.6) is 11.5 Å². The molecule has 1 aliphatic rings. The fourth-order valence-electron chi connectivity index (χ4n) is 3.52. The van der Waals surface area contributed by atoms with E-state index in [4.69, 9.17) is 19.6 Å². The predicted molar refractivity (Wildman–Crippen MR) is 144 cm³/mol. The van der Waals surface area contributed by atoms with E-state index in [9.17, 15) is 9.59 Å². The molecule has 0 aromatic heterocycles. The van der Waals surface area contributed by atoms with Gasteiger partial charge >= 0.3 is 5.97 Å². The fourth-order valence-corrected chi connectivity index (χ4v) is 5.07. The second kappa shape index (κ2) is 11.9. The van der Waals surface area contributed by atoms with Gasteiger partial charge in [-0.25, -0.2) is 4.79 Å². The molecule has 0 atom stereocenters.